The van der Waals surface area contributed by atoms with Gasteiger partial charge in [-0.2, -0.15) is 5.26 Å². The maximum absolute atomic E-state index is 14.2. The molecule has 2 heterocycles. The lowest BCUT2D eigenvalue weighted by atomic mass is 9.96. The molecule has 1 atom stereocenters. The number of para-hydroxylation sites is 2. The minimum atomic E-state index is -0.336. The van der Waals surface area contributed by atoms with E-state index >= 15 is 0 Å². The van der Waals surface area contributed by atoms with Gasteiger partial charge in [0.15, 0.2) is 0 Å². The molecule has 188 valence electrons. The first-order valence-electron chi connectivity index (χ1n) is 12.8. The number of nitrogens with zero attached hydrogens (tertiary/aromatic N) is 4. The van der Waals surface area contributed by atoms with E-state index in [1.807, 2.05) is 60.5 Å². The second-order valence-corrected chi connectivity index (χ2v) is 9.85. The predicted octanol–water partition coefficient (Wildman–Crippen LogP) is 5.79. The molecule has 7 heteroatoms. The number of carbonyl (C=O) groups is 2. The zero-order valence-electron chi connectivity index (χ0n) is 21.0. The van der Waals surface area contributed by atoms with E-state index in [1.165, 1.54) is 0 Å². The van der Waals surface area contributed by atoms with Crippen molar-refractivity contribution in [2.75, 3.05) is 16.8 Å². The fraction of sp³-hybridized carbons (Fsp3) is 0.194. The van der Waals surface area contributed by atoms with Crippen LogP contribution in [0.5, 0.6) is 0 Å². The van der Waals surface area contributed by atoms with Crippen LogP contribution >= 0.6 is 0 Å². The van der Waals surface area contributed by atoms with Crippen molar-refractivity contribution in [1.82, 2.24) is 9.47 Å². The van der Waals surface area contributed by atoms with E-state index in [9.17, 15) is 14.9 Å². The second kappa shape index (κ2) is 9.56. The van der Waals surface area contributed by atoms with Crippen LogP contribution < -0.4 is 10.2 Å². The van der Waals surface area contributed by atoms with Gasteiger partial charge in [0.2, 0.25) is 5.91 Å². The minimum Gasteiger partial charge on any atom is -0.316 e. The van der Waals surface area contributed by atoms with Crippen molar-refractivity contribution in [2.45, 2.75) is 31.8 Å². The Morgan fingerprint density at radius 3 is 2.53 bits per heavy atom. The standard InChI is InChI=1S/C31H27N5O2/c1-21-7-4-9-23(17-21)30-28-13-6-16-34(28)26-11-2-3-12-27(26)36(30)29(37)20-35(25-14-15-25)31(38)33-24-10-5-8-22(18-24)19-32/h2-13,16-18,25,30H,14-15,20H2,1H3,(H,33,38)/t30-/m1/s1. The number of nitrogens with one attached hydrogen (secondary N) is 1. The number of hydrogen-bond acceptors (Lipinski definition) is 3. The van der Waals surface area contributed by atoms with Gasteiger partial charge in [-0.15, -0.1) is 0 Å². The zero-order chi connectivity index (χ0) is 26.2. The maximum Gasteiger partial charge on any atom is 0.322 e. The molecule has 0 radical (unpaired) electrons. The molecule has 1 N–H and O–H groups in total. The number of aryl methyl sites for hydroxylation is 1. The van der Waals surface area contributed by atoms with Gasteiger partial charge in [-0.25, -0.2) is 4.79 Å². The average Bonchev–Trinajstić information content (AvgIpc) is 3.65. The highest BCUT2D eigenvalue weighted by atomic mass is 16.2. The highest BCUT2D eigenvalue weighted by Gasteiger charge is 2.40. The highest BCUT2D eigenvalue weighted by molar-refractivity contribution is 6.01. The van der Waals surface area contributed by atoms with Crippen LogP contribution in [0.3, 0.4) is 0 Å². The van der Waals surface area contributed by atoms with Crippen molar-refractivity contribution in [3.63, 3.8) is 0 Å². The van der Waals surface area contributed by atoms with Crippen molar-refractivity contribution in [1.29, 1.82) is 5.26 Å². The molecule has 1 fully saturated rings. The maximum atomic E-state index is 14.2. The van der Waals surface area contributed by atoms with Gasteiger partial charge in [-0.3, -0.25) is 9.69 Å². The summed E-state index contributed by atoms with van der Waals surface area (Å²) in [4.78, 5) is 31.1. The molecule has 6 rings (SSSR count). The average molecular weight is 502 g/mol. The molecule has 0 unspecified atom stereocenters. The predicted molar refractivity (Wildman–Crippen MR) is 146 cm³/mol. The van der Waals surface area contributed by atoms with E-state index in [4.69, 9.17) is 0 Å². The number of amides is 3. The van der Waals surface area contributed by atoms with Gasteiger partial charge in [-0.1, -0.05) is 48.0 Å². The SMILES string of the molecule is Cc1cccc([C@@H]2c3cccn3-c3ccccc3N2C(=O)CN(C(=O)Nc2cccc(C#N)c2)C2CC2)c1. The molecular weight excluding hydrogens is 474 g/mol. The summed E-state index contributed by atoms with van der Waals surface area (Å²) in [7, 11) is 0. The van der Waals surface area contributed by atoms with Crippen LogP contribution in [0.15, 0.2) is 91.1 Å². The smallest absolute Gasteiger partial charge is 0.316 e. The highest BCUT2D eigenvalue weighted by Crippen LogP contribution is 2.42. The van der Waals surface area contributed by atoms with Gasteiger partial charge in [0.05, 0.1) is 28.7 Å². The van der Waals surface area contributed by atoms with E-state index in [2.05, 4.69) is 34.2 Å². The van der Waals surface area contributed by atoms with E-state index < -0.39 is 0 Å². The third-order valence-corrected chi connectivity index (χ3v) is 7.14. The minimum absolute atomic E-state index is 0.0133. The summed E-state index contributed by atoms with van der Waals surface area (Å²) < 4.78 is 2.14. The molecule has 0 bridgehead atoms. The fourth-order valence-corrected chi connectivity index (χ4v) is 5.25. The van der Waals surface area contributed by atoms with Crippen LogP contribution in [0, 0.1) is 18.3 Å². The molecule has 1 aliphatic heterocycles. The van der Waals surface area contributed by atoms with Crippen LogP contribution in [0.25, 0.3) is 5.69 Å². The van der Waals surface area contributed by atoms with E-state index in [1.54, 1.807) is 29.2 Å². The van der Waals surface area contributed by atoms with Gasteiger partial charge in [0, 0.05) is 17.9 Å². The largest absolute Gasteiger partial charge is 0.322 e. The molecule has 1 aromatic heterocycles. The number of fused-ring (bicyclic) bond motifs is 3. The Balaban J connectivity index is 1.35. The van der Waals surface area contributed by atoms with Crippen LogP contribution in [0.2, 0.25) is 0 Å². The Bertz CT molecular complexity index is 1580. The summed E-state index contributed by atoms with van der Waals surface area (Å²) in [5, 5.41) is 12.1. The third-order valence-electron chi connectivity index (χ3n) is 7.14. The van der Waals surface area contributed by atoms with Crippen molar-refractivity contribution in [3.05, 3.63) is 114 Å². The number of anilines is 2. The fourth-order valence-electron chi connectivity index (χ4n) is 5.25. The van der Waals surface area contributed by atoms with E-state index in [0.29, 0.717) is 11.3 Å². The summed E-state index contributed by atoms with van der Waals surface area (Å²) in [5.74, 6) is -0.149. The van der Waals surface area contributed by atoms with Crippen LogP contribution in [0.4, 0.5) is 16.2 Å². The number of urea groups is 1. The summed E-state index contributed by atoms with van der Waals surface area (Å²) in [6, 6.07) is 28.4. The molecule has 0 saturated heterocycles. The number of nitriles is 1. The topological polar surface area (TPSA) is 81.4 Å². The van der Waals surface area contributed by atoms with Crippen LogP contribution in [-0.4, -0.2) is 34.0 Å². The Labute approximate surface area is 221 Å². The van der Waals surface area contributed by atoms with Gasteiger partial charge in [0.25, 0.3) is 0 Å². The number of aromatic nitrogens is 1. The van der Waals surface area contributed by atoms with Gasteiger partial charge >= 0.3 is 6.03 Å². The molecule has 3 aromatic carbocycles. The lowest BCUT2D eigenvalue weighted by Crippen LogP contribution is -2.48. The number of hydrogen-bond donors (Lipinski definition) is 1. The molecular formula is C31H27N5O2. The summed E-state index contributed by atoms with van der Waals surface area (Å²) in [6.45, 7) is 2.00. The van der Waals surface area contributed by atoms with Crippen molar-refractivity contribution in [2.24, 2.45) is 0 Å². The molecule has 3 amide bonds. The lowest BCUT2D eigenvalue weighted by Gasteiger charge is -2.39. The zero-order valence-corrected chi connectivity index (χ0v) is 21.0. The number of carbonyl (C=O) groups excluding carboxylic acids is 2. The molecule has 2 aliphatic rings. The normalized spacial score (nSPS) is 15.7. The van der Waals surface area contributed by atoms with Crippen molar-refractivity contribution in [3.8, 4) is 11.8 Å². The Morgan fingerprint density at radius 1 is 0.974 bits per heavy atom. The number of rotatable bonds is 5. The molecule has 4 aromatic rings. The Morgan fingerprint density at radius 2 is 1.76 bits per heavy atom. The monoisotopic (exact) mass is 501 g/mol. The third kappa shape index (κ3) is 4.31. The first kappa shape index (κ1) is 23.6. The summed E-state index contributed by atoms with van der Waals surface area (Å²) in [5.41, 5.74) is 5.87. The van der Waals surface area contributed by atoms with Crippen LogP contribution in [0.1, 0.15) is 41.3 Å². The quantitative estimate of drug-likeness (QED) is 0.376. The first-order valence-corrected chi connectivity index (χ1v) is 12.8. The van der Waals surface area contributed by atoms with E-state index in [0.717, 1.165) is 41.0 Å². The Kier molecular flexibility index (Phi) is 5.93. The Hall–Kier alpha value is -4.83. The molecule has 1 saturated carbocycles. The van der Waals surface area contributed by atoms with Gasteiger partial charge in [-0.05, 0) is 67.8 Å². The number of benzene rings is 3. The van der Waals surface area contributed by atoms with Crippen molar-refractivity contribution >= 4 is 23.3 Å². The molecule has 38 heavy (non-hydrogen) atoms. The molecule has 0 spiro atoms. The summed E-state index contributed by atoms with van der Waals surface area (Å²) in [6.07, 6.45) is 3.75. The molecule has 1 aliphatic carbocycles. The molecule has 7 nitrogen and oxygen atoms in total. The lowest BCUT2D eigenvalue weighted by molar-refractivity contribution is -0.119. The second-order valence-electron chi connectivity index (χ2n) is 9.85. The van der Waals surface area contributed by atoms with E-state index in [-0.39, 0.29) is 30.6 Å². The van der Waals surface area contributed by atoms with Crippen LogP contribution in [-0.2, 0) is 4.79 Å². The van der Waals surface area contributed by atoms with Crippen molar-refractivity contribution < 1.29 is 9.59 Å². The first-order chi connectivity index (χ1) is 18.5. The van der Waals surface area contributed by atoms with Gasteiger partial charge < -0.3 is 14.8 Å². The van der Waals surface area contributed by atoms with Gasteiger partial charge in [0.1, 0.15) is 12.6 Å². The summed E-state index contributed by atoms with van der Waals surface area (Å²) >= 11 is 0.